The van der Waals surface area contributed by atoms with E-state index >= 15 is 0 Å². The van der Waals surface area contributed by atoms with Gasteiger partial charge < -0.3 is 9.67 Å². The summed E-state index contributed by atoms with van der Waals surface area (Å²) in [5.41, 5.74) is 3.04. The molecule has 1 atom stereocenters. The molecular formula is C15H20N2O. The second-order valence-electron chi connectivity index (χ2n) is 4.83. The smallest absolute Gasteiger partial charge is 0.121 e. The zero-order valence-electron chi connectivity index (χ0n) is 11.2. The number of hydrogen-bond donors (Lipinski definition) is 1. The van der Waals surface area contributed by atoms with Crippen LogP contribution in [0.2, 0.25) is 0 Å². The van der Waals surface area contributed by atoms with Gasteiger partial charge in [0.2, 0.25) is 0 Å². The van der Waals surface area contributed by atoms with Gasteiger partial charge in [-0.3, -0.25) is 0 Å². The molecule has 0 aliphatic rings. The van der Waals surface area contributed by atoms with Gasteiger partial charge in [-0.1, -0.05) is 38.1 Å². The quantitative estimate of drug-likeness (QED) is 0.897. The maximum absolute atomic E-state index is 10.4. The molecule has 0 amide bonds. The number of aliphatic hydroxyl groups excluding tert-OH is 1. The summed E-state index contributed by atoms with van der Waals surface area (Å²) < 4.78 is 1.96. The van der Waals surface area contributed by atoms with Gasteiger partial charge in [0.1, 0.15) is 6.10 Å². The number of aromatic nitrogens is 2. The highest BCUT2D eigenvalue weighted by Gasteiger charge is 2.14. The van der Waals surface area contributed by atoms with E-state index in [2.05, 4.69) is 31.0 Å². The maximum atomic E-state index is 10.4. The van der Waals surface area contributed by atoms with Crippen molar-refractivity contribution in [3.05, 3.63) is 53.6 Å². The first kappa shape index (κ1) is 12.8. The van der Waals surface area contributed by atoms with Crippen LogP contribution < -0.4 is 0 Å². The topological polar surface area (TPSA) is 38.0 Å². The molecule has 2 aromatic rings. The highest BCUT2D eigenvalue weighted by molar-refractivity contribution is 5.30. The summed E-state index contributed by atoms with van der Waals surface area (Å²) in [5.74, 6) is 0.511. The Balaban J connectivity index is 2.26. The van der Waals surface area contributed by atoms with Gasteiger partial charge in [0, 0.05) is 6.54 Å². The van der Waals surface area contributed by atoms with E-state index in [1.807, 2.05) is 23.6 Å². The average molecular weight is 244 g/mol. The van der Waals surface area contributed by atoms with Gasteiger partial charge in [-0.2, -0.15) is 0 Å². The Labute approximate surface area is 108 Å². The fourth-order valence-corrected chi connectivity index (χ4v) is 2.06. The van der Waals surface area contributed by atoms with Crippen molar-refractivity contribution in [1.29, 1.82) is 0 Å². The van der Waals surface area contributed by atoms with Crippen molar-refractivity contribution in [3.63, 3.8) is 0 Å². The first-order valence-electron chi connectivity index (χ1n) is 6.41. The Hall–Kier alpha value is -1.61. The molecule has 3 heteroatoms. The zero-order valence-corrected chi connectivity index (χ0v) is 11.2. The summed E-state index contributed by atoms with van der Waals surface area (Å²) in [6, 6.07) is 8.14. The summed E-state index contributed by atoms with van der Waals surface area (Å²) in [4.78, 5) is 4.09. The molecule has 1 aromatic carbocycles. The van der Waals surface area contributed by atoms with Gasteiger partial charge in [0.25, 0.3) is 0 Å². The lowest BCUT2D eigenvalue weighted by Crippen LogP contribution is -2.07. The molecule has 0 aliphatic carbocycles. The largest absolute Gasteiger partial charge is 0.382 e. The maximum Gasteiger partial charge on any atom is 0.121 e. The van der Waals surface area contributed by atoms with Crippen molar-refractivity contribution < 1.29 is 5.11 Å². The molecule has 96 valence electrons. The third-order valence-electron chi connectivity index (χ3n) is 3.28. The molecule has 2 rings (SSSR count). The minimum absolute atomic E-state index is 0.511. The number of benzene rings is 1. The van der Waals surface area contributed by atoms with Gasteiger partial charge in [0.05, 0.1) is 18.2 Å². The van der Waals surface area contributed by atoms with Crippen LogP contribution in [0, 0.1) is 0 Å². The van der Waals surface area contributed by atoms with Crippen LogP contribution in [0.5, 0.6) is 0 Å². The molecule has 1 heterocycles. The zero-order chi connectivity index (χ0) is 13.1. The molecule has 0 bridgehead atoms. The second-order valence-corrected chi connectivity index (χ2v) is 4.83. The van der Waals surface area contributed by atoms with Crippen LogP contribution in [0.1, 0.15) is 49.6 Å². The highest BCUT2D eigenvalue weighted by atomic mass is 16.3. The standard InChI is InChI=1S/C15H20N2O/c1-4-17-10-16-9-14(17)15(18)13-7-5-12(6-8-13)11(2)3/h5-11,15,18H,4H2,1-3H3. The first-order valence-corrected chi connectivity index (χ1v) is 6.41. The van der Waals surface area contributed by atoms with Gasteiger partial charge in [-0.25, -0.2) is 4.98 Å². The van der Waals surface area contributed by atoms with Crippen LogP contribution in [0.3, 0.4) is 0 Å². The van der Waals surface area contributed by atoms with Crippen LogP contribution in [0.25, 0.3) is 0 Å². The Morgan fingerprint density at radius 1 is 1.17 bits per heavy atom. The molecule has 3 nitrogen and oxygen atoms in total. The number of aliphatic hydroxyl groups is 1. The monoisotopic (exact) mass is 244 g/mol. The molecule has 0 spiro atoms. The summed E-state index contributed by atoms with van der Waals surface area (Å²) >= 11 is 0. The molecule has 1 N–H and O–H groups in total. The Morgan fingerprint density at radius 2 is 1.78 bits per heavy atom. The van der Waals surface area contributed by atoms with Crippen molar-refractivity contribution in [1.82, 2.24) is 9.55 Å². The average Bonchev–Trinajstić information content (AvgIpc) is 2.86. The lowest BCUT2D eigenvalue weighted by atomic mass is 9.99. The summed E-state index contributed by atoms with van der Waals surface area (Å²) in [6.45, 7) is 7.19. The van der Waals surface area contributed by atoms with E-state index in [-0.39, 0.29) is 0 Å². The van der Waals surface area contributed by atoms with Crippen LogP contribution in [0.4, 0.5) is 0 Å². The molecular weight excluding hydrogens is 224 g/mol. The van der Waals surface area contributed by atoms with Gasteiger partial charge >= 0.3 is 0 Å². The predicted octanol–water partition coefficient (Wildman–Crippen LogP) is 3.11. The minimum atomic E-state index is -0.603. The van der Waals surface area contributed by atoms with Crippen LogP contribution >= 0.6 is 0 Å². The molecule has 1 unspecified atom stereocenters. The van der Waals surface area contributed by atoms with Crippen molar-refractivity contribution in [2.75, 3.05) is 0 Å². The molecule has 0 fully saturated rings. The Morgan fingerprint density at radius 3 is 2.33 bits per heavy atom. The van der Waals surface area contributed by atoms with E-state index in [1.54, 1.807) is 12.5 Å². The summed E-state index contributed by atoms with van der Waals surface area (Å²) in [7, 11) is 0. The fraction of sp³-hybridized carbons (Fsp3) is 0.400. The van der Waals surface area contributed by atoms with Crippen LogP contribution in [-0.2, 0) is 6.54 Å². The molecule has 1 aromatic heterocycles. The number of imidazole rings is 1. The van der Waals surface area contributed by atoms with E-state index in [4.69, 9.17) is 0 Å². The molecule has 18 heavy (non-hydrogen) atoms. The van der Waals surface area contributed by atoms with Crippen molar-refractivity contribution in [2.45, 2.75) is 39.3 Å². The SMILES string of the molecule is CCn1cncc1C(O)c1ccc(C(C)C)cc1. The van der Waals surface area contributed by atoms with Crippen molar-refractivity contribution in [2.24, 2.45) is 0 Å². The molecule has 0 saturated heterocycles. The number of aryl methyl sites for hydroxylation is 1. The lowest BCUT2D eigenvalue weighted by molar-refractivity contribution is 0.210. The third kappa shape index (κ3) is 2.46. The Bertz CT molecular complexity index is 499. The number of hydrogen-bond acceptors (Lipinski definition) is 2. The highest BCUT2D eigenvalue weighted by Crippen LogP contribution is 2.23. The van der Waals surface area contributed by atoms with E-state index in [9.17, 15) is 5.11 Å². The number of rotatable bonds is 4. The van der Waals surface area contributed by atoms with E-state index < -0.39 is 6.10 Å². The van der Waals surface area contributed by atoms with Gasteiger partial charge in [-0.05, 0) is 24.0 Å². The summed E-state index contributed by atoms with van der Waals surface area (Å²) in [6.07, 6.45) is 2.87. The molecule has 0 radical (unpaired) electrons. The van der Waals surface area contributed by atoms with Crippen LogP contribution in [0.15, 0.2) is 36.8 Å². The van der Waals surface area contributed by atoms with Gasteiger partial charge in [-0.15, -0.1) is 0 Å². The molecule has 0 aliphatic heterocycles. The fourth-order valence-electron chi connectivity index (χ4n) is 2.06. The van der Waals surface area contributed by atoms with Gasteiger partial charge in [0.15, 0.2) is 0 Å². The summed E-state index contributed by atoms with van der Waals surface area (Å²) in [5, 5.41) is 10.4. The van der Waals surface area contributed by atoms with Crippen LogP contribution in [-0.4, -0.2) is 14.7 Å². The lowest BCUT2D eigenvalue weighted by Gasteiger charge is -2.14. The number of nitrogens with zero attached hydrogens (tertiary/aromatic N) is 2. The van der Waals surface area contributed by atoms with E-state index in [1.165, 1.54) is 5.56 Å². The van der Waals surface area contributed by atoms with Crippen molar-refractivity contribution >= 4 is 0 Å². The Kier molecular flexibility index (Phi) is 3.82. The normalized spacial score (nSPS) is 12.9. The minimum Gasteiger partial charge on any atom is -0.382 e. The molecule has 0 saturated carbocycles. The van der Waals surface area contributed by atoms with E-state index in [0.717, 1.165) is 17.8 Å². The third-order valence-corrected chi connectivity index (χ3v) is 3.28. The predicted molar refractivity (Wildman–Crippen MR) is 72.5 cm³/mol. The van der Waals surface area contributed by atoms with E-state index in [0.29, 0.717) is 5.92 Å². The second kappa shape index (κ2) is 5.36. The van der Waals surface area contributed by atoms with Crippen molar-refractivity contribution in [3.8, 4) is 0 Å². The first-order chi connectivity index (χ1) is 8.63.